The van der Waals surface area contributed by atoms with Gasteiger partial charge in [0.2, 0.25) is 0 Å². The van der Waals surface area contributed by atoms with Gasteiger partial charge in [0.05, 0.1) is 23.7 Å². The summed E-state index contributed by atoms with van der Waals surface area (Å²) in [4.78, 5) is 2.00. The molecule has 1 rings (SSSR count). The fourth-order valence-electron chi connectivity index (χ4n) is 1.85. The lowest BCUT2D eigenvalue weighted by molar-refractivity contribution is 0.0901. The Morgan fingerprint density at radius 3 is 2.15 bits per heavy atom. The Morgan fingerprint density at radius 2 is 1.85 bits per heavy atom. The van der Waals surface area contributed by atoms with Crippen LogP contribution in [0.3, 0.4) is 0 Å². The normalized spacial score (nSPS) is 32.6. The first kappa shape index (κ1) is 10.9. The third-order valence-corrected chi connectivity index (χ3v) is 4.27. The van der Waals surface area contributed by atoms with E-state index in [0.717, 1.165) is 13.1 Å². The minimum absolute atomic E-state index is 0.0752. The lowest BCUT2D eigenvalue weighted by atomic mass is 10.2. The monoisotopic (exact) mass is 207 g/mol. The average Bonchev–Trinajstić information content (AvgIpc) is 2.28. The summed E-state index contributed by atoms with van der Waals surface area (Å²) in [5.41, 5.74) is 0. The van der Waals surface area contributed by atoms with E-state index in [1.54, 1.807) is 0 Å². The molecule has 0 aromatic rings. The summed E-state index contributed by atoms with van der Waals surface area (Å²) in [5, 5.41) is 9.54. The fraction of sp³-hybridized carbons (Fsp3) is 1.00. The van der Waals surface area contributed by atoms with Gasteiger partial charge in [-0.2, -0.15) is 0 Å². The van der Waals surface area contributed by atoms with Gasteiger partial charge in [0.25, 0.3) is 0 Å². The first-order valence-corrected chi connectivity index (χ1v) is 6.44. The Kier molecular flexibility index (Phi) is 3.32. The SMILES string of the molecule is CCN(CC)C1CS(=O)(=O)CC1O. The van der Waals surface area contributed by atoms with Crippen molar-refractivity contribution in [1.82, 2.24) is 4.90 Å². The van der Waals surface area contributed by atoms with Crippen LogP contribution in [0.2, 0.25) is 0 Å². The molecule has 0 spiro atoms. The number of hydrogen-bond donors (Lipinski definition) is 1. The van der Waals surface area contributed by atoms with Crippen LogP contribution in [-0.4, -0.2) is 55.2 Å². The molecule has 0 amide bonds. The molecule has 1 N–H and O–H groups in total. The van der Waals surface area contributed by atoms with Crippen LogP contribution in [-0.2, 0) is 9.84 Å². The predicted octanol–water partition coefficient (Wildman–Crippen LogP) is -0.514. The quantitative estimate of drug-likeness (QED) is 0.677. The first-order chi connectivity index (χ1) is 6.00. The van der Waals surface area contributed by atoms with Gasteiger partial charge in [-0.25, -0.2) is 8.42 Å². The van der Waals surface area contributed by atoms with Gasteiger partial charge >= 0.3 is 0 Å². The van der Waals surface area contributed by atoms with Gasteiger partial charge in [-0.05, 0) is 13.1 Å². The molecular formula is C8H17NO3S. The van der Waals surface area contributed by atoms with Crippen LogP contribution in [0, 0.1) is 0 Å². The van der Waals surface area contributed by atoms with Crippen LogP contribution >= 0.6 is 0 Å². The van der Waals surface area contributed by atoms with Gasteiger partial charge in [-0.3, -0.25) is 4.90 Å². The first-order valence-electron chi connectivity index (χ1n) is 4.62. The highest BCUT2D eigenvalue weighted by molar-refractivity contribution is 7.91. The van der Waals surface area contributed by atoms with E-state index in [1.807, 2.05) is 18.7 Å². The molecule has 13 heavy (non-hydrogen) atoms. The summed E-state index contributed by atoms with van der Waals surface area (Å²) in [5.74, 6) is 0.0318. The van der Waals surface area contributed by atoms with Gasteiger partial charge in [-0.1, -0.05) is 13.8 Å². The van der Waals surface area contributed by atoms with E-state index in [1.165, 1.54) is 0 Å². The summed E-state index contributed by atoms with van der Waals surface area (Å²) >= 11 is 0. The predicted molar refractivity (Wildman–Crippen MR) is 51.4 cm³/mol. The second-order valence-electron chi connectivity index (χ2n) is 3.43. The van der Waals surface area contributed by atoms with E-state index in [9.17, 15) is 13.5 Å². The summed E-state index contributed by atoms with van der Waals surface area (Å²) in [6, 6.07) is -0.194. The van der Waals surface area contributed by atoms with Crippen LogP contribution in [0.1, 0.15) is 13.8 Å². The van der Waals surface area contributed by atoms with Gasteiger partial charge in [0, 0.05) is 0 Å². The maximum absolute atomic E-state index is 11.2. The molecule has 78 valence electrons. The van der Waals surface area contributed by atoms with Gasteiger partial charge in [-0.15, -0.1) is 0 Å². The minimum Gasteiger partial charge on any atom is -0.390 e. The Balaban J connectivity index is 2.72. The number of aliphatic hydroxyl groups is 1. The average molecular weight is 207 g/mol. The van der Waals surface area contributed by atoms with Crippen molar-refractivity contribution in [3.05, 3.63) is 0 Å². The molecule has 5 heteroatoms. The number of hydrogen-bond acceptors (Lipinski definition) is 4. The van der Waals surface area contributed by atoms with Gasteiger partial charge in [0.1, 0.15) is 0 Å². The van der Waals surface area contributed by atoms with Crippen LogP contribution < -0.4 is 0 Å². The molecule has 2 atom stereocenters. The van der Waals surface area contributed by atoms with Crippen LogP contribution in [0.5, 0.6) is 0 Å². The molecular weight excluding hydrogens is 190 g/mol. The molecule has 1 fully saturated rings. The lowest BCUT2D eigenvalue weighted by Gasteiger charge is -2.27. The smallest absolute Gasteiger partial charge is 0.154 e. The highest BCUT2D eigenvalue weighted by atomic mass is 32.2. The van der Waals surface area contributed by atoms with Crippen molar-refractivity contribution >= 4 is 9.84 Å². The topological polar surface area (TPSA) is 57.6 Å². The number of nitrogens with zero attached hydrogens (tertiary/aromatic N) is 1. The molecule has 0 aromatic heterocycles. The van der Waals surface area contributed by atoms with Crippen LogP contribution in [0.4, 0.5) is 0 Å². The van der Waals surface area contributed by atoms with Crippen molar-refractivity contribution in [3.63, 3.8) is 0 Å². The van der Waals surface area contributed by atoms with Crippen molar-refractivity contribution in [2.45, 2.75) is 26.0 Å². The molecule has 4 nitrogen and oxygen atoms in total. The molecule has 0 radical (unpaired) electrons. The maximum Gasteiger partial charge on any atom is 0.154 e. The van der Waals surface area contributed by atoms with Crippen molar-refractivity contribution < 1.29 is 13.5 Å². The molecule has 1 aliphatic rings. The second kappa shape index (κ2) is 3.94. The molecule has 0 aliphatic carbocycles. The highest BCUT2D eigenvalue weighted by Crippen LogP contribution is 2.17. The molecule has 2 unspecified atom stereocenters. The van der Waals surface area contributed by atoms with E-state index in [4.69, 9.17) is 0 Å². The molecule has 1 heterocycles. The van der Waals surface area contributed by atoms with E-state index in [2.05, 4.69) is 0 Å². The second-order valence-corrected chi connectivity index (χ2v) is 5.59. The molecule has 0 saturated carbocycles. The Labute approximate surface area is 79.5 Å². The summed E-state index contributed by atoms with van der Waals surface area (Å²) in [6.45, 7) is 5.52. The number of likely N-dealkylation sites (N-methyl/N-ethyl adjacent to an activating group) is 1. The summed E-state index contributed by atoms with van der Waals surface area (Å²) in [6.07, 6.45) is -0.704. The third kappa shape index (κ3) is 2.42. The Hall–Kier alpha value is -0.130. The number of aliphatic hydroxyl groups excluding tert-OH is 1. The lowest BCUT2D eigenvalue weighted by Crippen LogP contribution is -2.42. The van der Waals surface area contributed by atoms with Crippen molar-refractivity contribution in [3.8, 4) is 0 Å². The third-order valence-electron chi connectivity index (χ3n) is 2.57. The maximum atomic E-state index is 11.2. The van der Waals surface area contributed by atoms with Gasteiger partial charge < -0.3 is 5.11 Å². The van der Waals surface area contributed by atoms with E-state index < -0.39 is 15.9 Å². The van der Waals surface area contributed by atoms with Crippen molar-refractivity contribution in [2.24, 2.45) is 0 Å². The van der Waals surface area contributed by atoms with E-state index >= 15 is 0 Å². The minimum atomic E-state index is -3.00. The number of sulfone groups is 1. The zero-order chi connectivity index (χ0) is 10.1. The number of rotatable bonds is 3. The molecule has 1 aliphatic heterocycles. The largest absolute Gasteiger partial charge is 0.390 e. The zero-order valence-electron chi connectivity index (χ0n) is 8.10. The van der Waals surface area contributed by atoms with E-state index in [-0.39, 0.29) is 17.5 Å². The van der Waals surface area contributed by atoms with Crippen molar-refractivity contribution in [2.75, 3.05) is 24.6 Å². The van der Waals surface area contributed by atoms with Crippen molar-refractivity contribution in [1.29, 1.82) is 0 Å². The molecule has 0 aromatic carbocycles. The molecule has 0 bridgehead atoms. The van der Waals surface area contributed by atoms with Gasteiger partial charge in [0.15, 0.2) is 9.84 Å². The van der Waals surface area contributed by atoms with Crippen LogP contribution in [0.15, 0.2) is 0 Å². The summed E-state index contributed by atoms with van der Waals surface area (Å²) < 4.78 is 22.4. The Morgan fingerprint density at radius 1 is 1.31 bits per heavy atom. The molecule has 1 saturated heterocycles. The zero-order valence-corrected chi connectivity index (χ0v) is 8.92. The summed E-state index contributed by atoms with van der Waals surface area (Å²) in [7, 11) is -3.00. The van der Waals surface area contributed by atoms with Crippen LogP contribution in [0.25, 0.3) is 0 Å². The highest BCUT2D eigenvalue weighted by Gasteiger charge is 2.38. The Bertz CT molecular complexity index is 259. The fourth-order valence-corrected chi connectivity index (χ4v) is 3.68. The standard InChI is InChI=1S/C8H17NO3S/c1-3-9(4-2)7-5-13(11,12)6-8(7)10/h7-8,10H,3-6H2,1-2H3. The van der Waals surface area contributed by atoms with E-state index in [0.29, 0.717) is 0 Å².